The topological polar surface area (TPSA) is 725 Å². The number of cyclic esters (lactones) is 2. The highest BCUT2D eigenvalue weighted by Crippen LogP contribution is 2.46. The van der Waals surface area contributed by atoms with Crippen LogP contribution in [0.1, 0.15) is 203 Å². The van der Waals surface area contributed by atoms with E-state index in [1.165, 1.54) is 42.3 Å². The molecule has 6 aliphatic heterocycles. The number of aliphatic carboxylic acids is 4. The normalized spacial score (nSPS) is 41.9. The van der Waals surface area contributed by atoms with Crippen molar-refractivity contribution in [1.82, 2.24) is 9.80 Å². The summed E-state index contributed by atoms with van der Waals surface area (Å²) in [5.74, 6) is -13.9. The Kier molecular flexibility index (Phi) is 52.8. The first kappa shape index (κ1) is 126. The zero-order chi connectivity index (χ0) is 94.2. The lowest BCUT2D eigenvalue weighted by atomic mass is 9.73. The summed E-state index contributed by atoms with van der Waals surface area (Å²) in [4.78, 5) is 99.4. The first-order valence-corrected chi connectivity index (χ1v) is 42.2. The number of nitrogens with two attached hydrogens (primary N) is 2. The van der Waals surface area contributed by atoms with Crippen molar-refractivity contribution < 1.29 is 193 Å². The molecule has 26 N–H and O–H groups in total. The van der Waals surface area contributed by atoms with Gasteiger partial charge in [0.1, 0.15) is 71.5 Å². The highest BCUT2D eigenvalue weighted by atomic mass is 16.7. The molecule has 0 amide bonds. The molecule has 0 radical (unpaired) electrons. The maximum absolute atomic E-state index is 14.2. The van der Waals surface area contributed by atoms with Crippen molar-refractivity contribution >= 4 is 47.4 Å². The summed E-state index contributed by atoms with van der Waals surface area (Å²) in [5.41, 5.74) is 1.19. The summed E-state index contributed by atoms with van der Waals surface area (Å²) >= 11 is 0. The molecule has 43 nitrogen and oxygen atoms in total. The third kappa shape index (κ3) is 32.1. The Morgan fingerprint density at radius 1 is 0.433 bits per heavy atom. The Bertz CT molecular complexity index is 3120. The molecule has 6 fully saturated rings. The van der Waals surface area contributed by atoms with Gasteiger partial charge in [0.25, 0.3) is 0 Å². The summed E-state index contributed by atoms with van der Waals surface area (Å²) in [6.45, 7) is 34.1. The molecule has 127 heavy (non-hydrogen) atoms. The van der Waals surface area contributed by atoms with E-state index in [9.17, 15) is 79.2 Å². The standard InChI is InChI=1S/2C38H69NO13.2C4H7NO4.5H2O/c2*1-15-26-38(10,45)31(42)21(4)28(40)19(2)17-37(9,47-14)33(52-35-29(41)25(39(11)12)16-20(3)48-35)22(5)30(23(6)34(44)50-26)51-27-18-36(8,46-13)32(43)24(7)49-27;2*5-2(4(8)9)1-3(6)7;;;;;/h2*19-27,29-33,35,41-43,45H,15-18H2,1-14H3;2*2H,1,5H2,(H,6,7)(H,8,9);5*1H2/t2*19-,20-,21-,22+,23-,24+,25+,26+,27+,29-,30-,31-,32+,33-,35-,36-,37+,38-;;;;;;;/m11......./s1. The number of ether oxygens (including phenoxy) is 14. The van der Waals surface area contributed by atoms with Crippen molar-refractivity contribution in [2.75, 3.05) is 56.6 Å². The van der Waals surface area contributed by atoms with Crippen LogP contribution in [0.3, 0.4) is 0 Å². The maximum Gasteiger partial charge on any atom is 0.321 e. The Morgan fingerprint density at radius 3 is 0.937 bits per heavy atom. The minimum absolute atomic E-state index is 0. The maximum atomic E-state index is 14.2. The molecule has 0 aliphatic carbocycles. The average molecular weight is 1850 g/mol. The fourth-order valence-corrected chi connectivity index (χ4v) is 17.7. The van der Waals surface area contributed by atoms with Crippen LogP contribution in [0.25, 0.3) is 0 Å². The Balaban J connectivity index is -0.00000195. The largest absolute Gasteiger partial charge is 0.481 e. The minimum atomic E-state index is -1.96. The van der Waals surface area contributed by atoms with E-state index in [1.807, 2.05) is 65.7 Å². The molecule has 38 atom stereocenters. The summed E-state index contributed by atoms with van der Waals surface area (Å²) < 4.78 is 87.7. The number of esters is 2. The van der Waals surface area contributed by atoms with Gasteiger partial charge in [-0.25, -0.2) is 0 Å². The van der Waals surface area contributed by atoms with Gasteiger partial charge in [-0.15, -0.1) is 0 Å². The van der Waals surface area contributed by atoms with Crippen molar-refractivity contribution in [3.63, 3.8) is 0 Å². The van der Waals surface area contributed by atoms with Crippen LogP contribution in [0, 0.1) is 47.3 Å². The van der Waals surface area contributed by atoms with Crippen LogP contribution < -0.4 is 11.5 Å². The molecule has 2 unspecified atom stereocenters. The number of hydrogen-bond acceptors (Lipinski definition) is 34. The molecular weight excluding hydrogens is 1690 g/mol. The molecule has 0 aromatic heterocycles. The monoisotopic (exact) mass is 1850 g/mol. The molecule has 6 saturated heterocycles. The van der Waals surface area contributed by atoms with E-state index in [2.05, 4.69) is 0 Å². The molecule has 43 heteroatoms. The fourth-order valence-electron chi connectivity index (χ4n) is 17.7. The predicted molar refractivity (Wildman–Crippen MR) is 456 cm³/mol. The number of aliphatic hydroxyl groups is 8. The van der Waals surface area contributed by atoms with E-state index in [1.54, 1.807) is 96.9 Å². The van der Waals surface area contributed by atoms with Crippen LogP contribution in [0.4, 0.5) is 0 Å². The number of rotatable bonds is 22. The first-order valence-electron chi connectivity index (χ1n) is 42.2. The number of nitrogens with zero attached hydrogens (tertiary/aromatic N) is 2. The van der Waals surface area contributed by atoms with Crippen molar-refractivity contribution in [3.05, 3.63) is 0 Å². The average Bonchev–Trinajstić information content (AvgIpc) is 0.770. The van der Waals surface area contributed by atoms with Gasteiger partial charge < -0.3 is 176 Å². The second kappa shape index (κ2) is 53.2. The fraction of sp³-hybridized carbons (Fsp3) is 0.905. The van der Waals surface area contributed by atoms with E-state index in [0.717, 1.165) is 0 Å². The molecule has 6 rings (SSSR count). The smallest absolute Gasteiger partial charge is 0.321 e. The predicted octanol–water partition coefficient (Wildman–Crippen LogP) is -1.50. The summed E-state index contributed by atoms with van der Waals surface area (Å²) in [6.07, 6.45) is -18.5. The highest BCUT2D eigenvalue weighted by Gasteiger charge is 2.58. The Hall–Kier alpha value is -5.00. The van der Waals surface area contributed by atoms with E-state index >= 15 is 0 Å². The minimum Gasteiger partial charge on any atom is -0.481 e. The quantitative estimate of drug-likeness (QED) is 0.0549. The Labute approximate surface area is 746 Å². The number of aliphatic hydroxyl groups excluding tert-OH is 6. The third-order valence-electron chi connectivity index (χ3n) is 26.0. The lowest BCUT2D eigenvalue weighted by molar-refractivity contribution is -0.319. The van der Waals surface area contributed by atoms with Crippen LogP contribution in [0.2, 0.25) is 0 Å². The Morgan fingerprint density at radius 2 is 0.709 bits per heavy atom. The number of carboxylic acid groups (broad SMARTS) is 4. The molecule has 0 bridgehead atoms. The number of likely N-dealkylation sites (N-methyl/N-ethyl adjacent to an activating group) is 2. The zero-order valence-corrected chi connectivity index (χ0v) is 79.4. The SMILES string of the molecule is CC[C@@H]1OC(=O)[C@H](C)[C@H](O[C@H]2C[C@@](C)(OC)[C@@H](O)[C@H](C)O2)[C@H](C)[C@@H](O[C@H]2O[C@H](C)C[C@H](N(C)C)[C@H]2O)[C@@](C)(OC)C[C@@H](C)C(=O)[C@@H](C)[C@@H](O)[C@]1(C)O.CC[C@@H]1OC(=O)[C@H](C)[C@H](O[C@H]2C[C@@](C)(OC)[C@@H](O)[C@H](C)O2)[C@H](C)[C@@H](O[C@H]2O[C@H](C)C[C@H](N(C)C)[C@H]2O)[C@@](C)(OC)C[C@@H](C)C(=O)[C@@H](C)[C@@H](O)[C@]1(C)O.NC(CC(=O)O)C(=O)O.NC(CC(=O)O)C(=O)O.O.O.O.O.O. The van der Waals surface area contributed by atoms with Gasteiger partial charge in [0.05, 0.1) is 108 Å². The van der Waals surface area contributed by atoms with Crippen LogP contribution in [0.15, 0.2) is 0 Å². The van der Waals surface area contributed by atoms with Crippen molar-refractivity contribution in [2.24, 2.45) is 58.8 Å². The lowest BCUT2D eigenvalue weighted by Crippen LogP contribution is -2.61. The molecule has 752 valence electrons. The number of carbonyl (C=O) groups is 8. The summed E-state index contributed by atoms with van der Waals surface area (Å²) in [5, 5.41) is 123. The third-order valence-corrected chi connectivity index (χ3v) is 26.0. The summed E-state index contributed by atoms with van der Waals surface area (Å²) in [6, 6.07) is -3.15. The van der Waals surface area contributed by atoms with Gasteiger partial charge in [-0.3, -0.25) is 38.4 Å². The second-order valence-electron chi connectivity index (χ2n) is 36.3. The van der Waals surface area contributed by atoms with Crippen molar-refractivity contribution in [3.8, 4) is 0 Å². The molecule has 0 aromatic carbocycles. The van der Waals surface area contributed by atoms with E-state index in [4.69, 9.17) is 98.2 Å². The van der Waals surface area contributed by atoms with Gasteiger partial charge in [0, 0.05) is 88.9 Å². The number of ketones is 2. The van der Waals surface area contributed by atoms with Crippen molar-refractivity contribution in [1.29, 1.82) is 0 Å². The highest BCUT2D eigenvalue weighted by molar-refractivity contribution is 5.84. The molecule has 0 saturated carbocycles. The molecule has 6 heterocycles. The van der Waals surface area contributed by atoms with Gasteiger partial charge in [-0.05, 0) is 150 Å². The number of hydrogen-bond donors (Lipinski definition) is 14. The van der Waals surface area contributed by atoms with Crippen LogP contribution in [-0.4, -0.2) is 383 Å². The van der Waals surface area contributed by atoms with Gasteiger partial charge in [-0.2, -0.15) is 0 Å². The number of methoxy groups -OCH3 is 4. The molecule has 0 aromatic rings. The zero-order valence-electron chi connectivity index (χ0n) is 79.4. The molecule has 6 aliphatic rings. The molecular formula is C84H162N4O39. The lowest BCUT2D eigenvalue weighted by Gasteiger charge is -2.50. The van der Waals surface area contributed by atoms with E-state index < -0.39 is 252 Å². The number of carbonyl (C=O) groups excluding carboxylic acids is 4. The van der Waals surface area contributed by atoms with Gasteiger partial charge in [-0.1, -0.05) is 55.4 Å². The van der Waals surface area contributed by atoms with Crippen LogP contribution in [-0.2, 0) is 105 Å². The van der Waals surface area contributed by atoms with Gasteiger partial charge >= 0.3 is 35.8 Å². The molecule has 0 spiro atoms. The van der Waals surface area contributed by atoms with Crippen molar-refractivity contribution in [2.45, 2.75) is 383 Å². The number of carboxylic acids is 4. The summed E-state index contributed by atoms with van der Waals surface area (Å²) in [7, 11) is 13.5. The number of Topliss-reactive ketones (excluding diaryl/α,β-unsaturated/α-hetero) is 2. The van der Waals surface area contributed by atoms with Crippen LogP contribution in [0.5, 0.6) is 0 Å². The first-order chi connectivity index (χ1) is 56.0. The van der Waals surface area contributed by atoms with E-state index in [-0.39, 0.29) is 102 Å². The van der Waals surface area contributed by atoms with Gasteiger partial charge in [0.15, 0.2) is 25.2 Å². The second-order valence-corrected chi connectivity index (χ2v) is 36.3. The van der Waals surface area contributed by atoms with Crippen LogP contribution >= 0.6 is 0 Å². The van der Waals surface area contributed by atoms with E-state index in [0.29, 0.717) is 12.8 Å². The van der Waals surface area contributed by atoms with Gasteiger partial charge in [0.2, 0.25) is 0 Å².